The van der Waals surface area contributed by atoms with Gasteiger partial charge in [0.2, 0.25) is 5.91 Å². The molecular weight excluding hydrogens is 492 g/mol. The molecule has 0 spiro atoms. The van der Waals surface area contributed by atoms with E-state index < -0.39 is 11.1 Å². The molecule has 1 fully saturated rings. The average Bonchev–Trinajstić information content (AvgIpc) is 3.39. The maximum atomic E-state index is 12.9. The van der Waals surface area contributed by atoms with Gasteiger partial charge in [-0.25, -0.2) is 0 Å². The minimum Gasteiger partial charge on any atom is -0.450 e. The summed E-state index contributed by atoms with van der Waals surface area (Å²) in [5.41, 5.74) is 2.33. The summed E-state index contributed by atoms with van der Waals surface area (Å²) >= 11 is 8.15. The number of amides is 3. The molecule has 2 aromatic carbocycles. The molecule has 0 unspecified atom stereocenters. The summed E-state index contributed by atoms with van der Waals surface area (Å²) in [6.07, 6.45) is 2.30. The number of furan rings is 1. The Kier molecular flexibility index (Phi) is 6.54. The van der Waals surface area contributed by atoms with E-state index in [1.54, 1.807) is 35.2 Å². The second kappa shape index (κ2) is 9.74. The first-order valence-corrected chi connectivity index (χ1v) is 12.6. The van der Waals surface area contributed by atoms with Crippen LogP contribution in [-0.4, -0.2) is 39.9 Å². The highest BCUT2D eigenvalue weighted by Crippen LogP contribution is 2.35. The monoisotopic (exact) mass is 510 g/mol. The molecule has 2 aliphatic heterocycles. The van der Waals surface area contributed by atoms with Gasteiger partial charge in [0, 0.05) is 29.1 Å². The van der Waals surface area contributed by atoms with Crippen molar-refractivity contribution in [2.75, 3.05) is 13.1 Å². The van der Waals surface area contributed by atoms with Crippen LogP contribution in [0.3, 0.4) is 0 Å². The van der Waals surface area contributed by atoms with Crippen LogP contribution in [-0.2, 0) is 22.6 Å². The van der Waals surface area contributed by atoms with Crippen molar-refractivity contribution >= 4 is 58.3 Å². The van der Waals surface area contributed by atoms with Crippen LogP contribution < -0.4 is 0 Å². The van der Waals surface area contributed by atoms with Gasteiger partial charge in [0.25, 0.3) is 11.1 Å². The summed E-state index contributed by atoms with van der Waals surface area (Å²) in [5.74, 6) is -0.261. The number of benzene rings is 2. The number of halogens is 1. The maximum Gasteiger partial charge on any atom is 0.294 e. The average molecular weight is 511 g/mol. The first kappa shape index (κ1) is 22.8. The van der Waals surface area contributed by atoms with Gasteiger partial charge in [0.05, 0.1) is 4.91 Å². The Morgan fingerprint density at radius 1 is 1.06 bits per heavy atom. The molecule has 34 heavy (non-hydrogen) atoms. The fraction of sp³-hybridized carbons (Fsp3) is 0.160. The third-order valence-corrected chi connectivity index (χ3v) is 7.65. The second-order valence-corrected chi connectivity index (χ2v) is 10.3. The Morgan fingerprint density at radius 2 is 1.82 bits per heavy atom. The van der Waals surface area contributed by atoms with Crippen molar-refractivity contribution in [2.24, 2.45) is 0 Å². The highest BCUT2D eigenvalue weighted by Gasteiger charge is 2.37. The molecule has 0 bridgehead atoms. The van der Waals surface area contributed by atoms with Gasteiger partial charge in [-0.15, -0.1) is 0 Å². The van der Waals surface area contributed by atoms with Crippen molar-refractivity contribution in [3.63, 3.8) is 0 Å². The Morgan fingerprint density at radius 3 is 2.62 bits per heavy atom. The highest BCUT2D eigenvalue weighted by molar-refractivity contribution is 8.18. The first-order valence-electron chi connectivity index (χ1n) is 10.6. The van der Waals surface area contributed by atoms with Crippen LogP contribution in [0.4, 0.5) is 4.79 Å². The molecule has 0 atom stereocenters. The largest absolute Gasteiger partial charge is 0.450 e. The van der Waals surface area contributed by atoms with Crippen molar-refractivity contribution in [1.29, 1.82) is 0 Å². The van der Waals surface area contributed by atoms with E-state index in [1.807, 2.05) is 30.3 Å². The minimum atomic E-state index is -0.482. The lowest BCUT2D eigenvalue weighted by atomic mass is 10.00. The Hall–Kier alpha value is -2.94. The molecule has 3 amide bonds. The lowest BCUT2D eigenvalue weighted by molar-refractivity contribution is -0.136. The van der Waals surface area contributed by atoms with Gasteiger partial charge >= 0.3 is 0 Å². The smallest absolute Gasteiger partial charge is 0.294 e. The molecule has 0 radical (unpaired) electrons. The van der Waals surface area contributed by atoms with Crippen LogP contribution in [0.15, 0.2) is 80.0 Å². The van der Waals surface area contributed by atoms with Crippen molar-refractivity contribution in [1.82, 2.24) is 9.80 Å². The molecule has 5 rings (SSSR count). The van der Waals surface area contributed by atoms with E-state index in [9.17, 15) is 14.4 Å². The van der Waals surface area contributed by atoms with Crippen molar-refractivity contribution < 1.29 is 18.8 Å². The van der Waals surface area contributed by atoms with Crippen molar-refractivity contribution in [2.45, 2.75) is 23.0 Å². The summed E-state index contributed by atoms with van der Waals surface area (Å²) in [4.78, 5) is 42.1. The summed E-state index contributed by atoms with van der Waals surface area (Å²) in [6, 6.07) is 18.9. The third-order valence-electron chi connectivity index (χ3n) is 5.56. The zero-order chi connectivity index (χ0) is 23.7. The van der Waals surface area contributed by atoms with Crippen molar-refractivity contribution in [3.05, 3.63) is 87.5 Å². The second-order valence-electron chi connectivity index (χ2n) is 7.81. The SMILES string of the molecule is O=C(CN1C(=O)S/C(=C\c2ccc(Sc3ccc(Cl)cc3)o2)C1=O)N1CCc2ccccc2C1. The molecular formula is C25H19ClN2O4S2. The van der Waals surface area contributed by atoms with Crippen LogP contribution in [0.5, 0.6) is 0 Å². The Bertz CT molecular complexity index is 1300. The van der Waals surface area contributed by atoms with Gasteiger partial charge in [0.1, 0.15) is 12.3 Å². The molecule has 0 aliphatic carbocycles. The summed E-state index contributed by atoms with van der Waals surface area (Å²) in [5, 5.41) is 0.849. The number of imide groups is 1. The molecule has 172 valence electrons. The molecule has 1 saturated heterocycles. The fourth-order valence-corrected chi connectivity index (χ4v) is 5.52. The van der Waals surface area contributed by atoms with E-state index in [4.69, 9.17) is 16.0 Å². The zero-order valence-corrected chi connectivity index (χ0v) is 20.3. The third kappa shape index (κ3) is 4.94. The van der Waals surface area contributed by atoms with Crippen LogP contribution >= 0.6 is 35.1 Å². The van der Waals surface area contributed by atoms with Gasteiger partial charge in [-0.3, -0.25) is 19.3 Å². The maximum absolute atomic E-state index is 12.9. The molecule has 0 saturated carbocycles. The standard InChI is InChI=1S/C25H19ClN2O4S2/c26-18-5-8-20(9-6-18)33-23-10-7-19(32-23)13-21-24(30)28(25(31)34-21)15-22(29)27-12-11-16-3-1-2-4-17(16)14-27/h1-10,13H,11-12,14-15H2/b21-13-. The molecule has 1 aromatic heterocycles. The summed E-state index contributed by atoms with van der Waals surface area (Å²) in [7, 11) is 0. The number of nitrogens with zero attached hydrogens (tertiary/aromatic N) is 2. The number of carbonyl (C=O) groups is 3. The number of fused-ring (bicyclic) bond motifs is 1. The zero-order valence-electron chi connectivity index (χ0n) is 17.9. The number of hydrogen-bond acceptors (Lipinski definition) is 6. The molecule has 9 heteroatoms. The Labute approximate surface area is 209 Å². The lowest BCUT2D eigenvalue weighted by Gasteiger charge is -2.29. The number of rotatable bonds is 5. The van der Waals surface area contributed by atoms with Crippen LogP contribution in [0, 0.1) is 0 Å². The van der Waals surface area contributed by atoms with Crippen LogP contribution in [0.1, 0.15) is 16.9 Å². The van der Waals surface area contributed by atoms with Gasteiger partial charge in [-0.05, 0) is 65.7 Å². The predicted octanol–water partition coefficient (Wildman–Crippen LogP) is 5.71. The first-order chi connectivity index (χ1) is 16.5. The van der Waals surface area contributed by atoms with E-state index in [-0.39, 0.29) is 17.4 Å². The predicted molar refractivity (Wildman–Crippen MR) is 133 cm³/mol. The highest BCUT2D eigenvalue weighted by atomic mass is 35.5. The van der Waals surface area contributed by atoms with Crippen LogP contribution in [0.2, 0.25) is 5.02 Å². The minimum absolute atomic E-state index is 0.235. The van der Waals surface area contributed by atoms with E-state index >= 15 is 0 Å². The van der Waals surface area contributed by atoms with Gasteiger partial charge in [-0.2, -0.15) is 0 Å². The number of hydrogen-bond donors (Lipinski definition) is 0. The Balaban J connectivity index is 1.23. The molecule has 3 heterocycles. The molecule has 0 N–H and O–H groups in total. The van der Waals surface area contributed by atoms with E-state index in [0.717, 1.165) is 33.5 Å². The summed E-state index contributed by atoms with van der Waals surface area (Å²) in [6.45, 7) is 0.796. The van der Waals surface area contributed by atoms with E-state index in [0.29, 0.717) is 29.0 Å². The summed E-state index contributed by atoms with van der Waals surface area (Å²) < 4.78 is 5.79. The quantitative estimate of drug-likeness (QED) is 0.410. The molecule has 2 aliphatic rings. The number of thioether (sulfide) groups is 1. The van der Waals surface area contributed by atoms with Crippen molar-refractivity contribution in [3.8, 4) is 0 Å². The molecule has 6 nitrogen and oxygen atoms in total. The molecule has 3 aromatic rings. The van der Waals surface area contributed by atoms with E-state index in [1.165, 1.54) is 17.3 Å². The topological polar surface area (TPSA) is 70.8 Å². The van der Waals surface area contributed by atoms with Crippen LogP contribution in [0.25, 0.3) is 6.08 Å². The number of carbonyl (C=O) groups excluding carboxylic acids is 3. The van der Waals surface area contributed by atoms with E-state index in [2.05, 4.69) is 6.07 Å². The lowest BCUT2D eigenvalue weighted by Crippen LogP contribution is -2.44. The van der Waals surface area contributed by atoms with Gasteiger partial charge in [-0.1, -0.05) is 47.6 Å². The fourth-order valence-electron chi connectivity index (χ4n) is 3.79. The normalized spacial score (nSPS) is 16.9. The van der Waals surface area contributed by atoms with Gasteiger partial charge in [0.15, 0.2) is 5.09 Å². The van der Waals surface area contributed by atoms with Gasteiger partial charge < -0.3 is 9.32 Å².